The summed E-state index contributed by atoms with van der Waals surface area (Å²) >= 11 is 0. The molecule has 1 amide bonds. The Kier molecular flexibility index (Phi) is 4.33. The molecule has 8 heteroatoms. The number of pyridine rings is 1. The van der Waals surface area contributed by atoms with Crippen LogP contribution in [0.1, 0.15) is 41.2 Å². The van der Waals surface area contributed by atoms with Crippen LogP contribution in [0.25, 0.3) is 0 Å². The monoisotopic (exact) mass is 369 g/mol. The van der Waals surface area contributed by atoms with E-state index in [1.165, 1.54) is 17.7 Å². The van der Waals surface area contributed by atoms with Crippen LogP contribution in [0.5, 0.6) is 0 Å². The van der Waals surface area contributed by atoms with E-state index in [1.807, 2.05) is 11.0 Å². The molecule has 3 heterocycles. The van der Waals surface area contributed by atoms with Gasteiger partial charge in [0.15, 0.2) is 0 Å². The molecule has 0 aromatic carbocycles. The van der Waals surface area contributed by atoms with Crippen molar-refractivity contribution < 1.29 is 4.79 Å². The van der Waals surface area contributed by atoms with E-state index in [0.29, 0.717) is 30.4 Å². The molecule has 0 unspecified atom stereocenters. The van der Waals surface area contributed by atoms with E-state index >= 15 is 0 Å². The largest absolute Gasteiger partial charge is 0.356 e. The molecule has 1 saturated heterocycles. The van der Waals surface area contributed by atoms with Crippen LogP contribution in [-0.4, -0.2) is 39.2 Å². The predicted octanol–water partition coefficient (Wildman–Crippen LogP) is 0.365. The molecule has 4 rings (SSSR count). The number of amides is 1. The van der Waals surface area contributed by atoms with Crippen LogP contribution in [0.2, 0.25) is 0 Å². The lowest BCUT2D eigenvalue weighted by atomic mass is 10.1. The fourth-order valence-electron chi connectivity index (χ4n) is 3.67. The Morgan fingerprint density at radius 3 is 2.70 bits per heavy atom. The highest BCUT2D eigenvalue weighted by Gasteiger charge is 2.31. The predicted molar refractivity (Wildman–Crippen MR) is 101 cm³/mol. The fraction of sp³-hybridized carbons (Fsp3) is 0.474. The molecule has 1 aliphatic heterocycles. The van der Waals surface area contributed by atoms with Gasteiger partial charge in [-0.05, 0) is 31.4 Å². The molecule has 1 saturated carbocycles. The smallest absolute Gasteiger partial charge is 0.332 e. The average molecular weight is 369 g/mol. The molecule has 27 heavy (non-hydrogen) atoms. The number of rotatable bonds is 4. The quantitative estimate of drug-likeness (QED) is 0.841. The maximum absolute atomic E-state index is 12.7. The summed E-state index contributed by atoms with van der Waals surface area (Å²) in [6, 6.07) is 5.05. The van der Waals surface area contributed by atoms with E-state index in [2.05, 4.69) is 10.3 Å². The van der Waals surface area contributed by atoms with Gasteiger partial charge in [0.1, 0.15) is 5.82 Å². The van der Waals surface area contributed by atoms with Crippen molar-refractivity contribution in [2.45, 2.75) is 31.2 Å². The summed E-state index contributed by atoms with van der Waals surface area (Å²) in [6.45, 7) is 1.24. The first-order valence-corrected chi connectivity index (χ1v) is 9.23. The van der Waals surface area contributed by atoms with E-state index in [9.17, 15) is 14.4 Å². The minimum absolute atomic E-state index is 0.0380. The first-order valence-electron chi connectivity index (χ1n) is 9.23. The van der Waals surface area contributed by atoms with Gasteiger partial charge >= 0.3 is 5.69 Å². The van der Waals surface area contributed by atoms with Gasteiger partial charge < -0.3 is 10.2 Å². The summed E-state index contributed by atoms with van der Waals surface area (Å²) < 4.78 is 2.55. The number of carbonyl (C=O) groups excluding carboxylic acids is 1. The van der Waals surface area contributed by atoms with Crippen LogP contribution in [-0.2, 0) is 14.1 Å². The third-order valence-corrected chi connectivity index (χ3v) is 5.40. The number of nitrogens with one attached hydrogen (secondary N) is 1. The standard InChI is InChI=1S/C19H23N5O3/c1-22-15(10-16(25)23(2)19(22)27)24-9-7-13(11-24)21-18(26)14-4-3-8-20-17(14)12-5-6-12/h3-4,8,10,12-13H,5-7,9,11H2,1-2H3,(H,21,26)/t13-/m0/s1. The Labute approximate surface area is 156 Å². The fourth-order valence-corrected chi connectivity index (χ4v) is 3.67. The van der Waals surface area contributed by atoms with Crippen molar-refractivity contribution >= 4 is 11.7 Å². The molecule has 0 spiro atoms. The van der Waals surface area contributed by atoms with Crippen LogP contribution in [0.15, 0.2) is 34.0 Å². The molecule has 142 valence electrons. The Morgan fingerprint density at radius 1 is 1.19 bits per heavy atom. The summed E-state index contributed by atoms with van der Waals surface area (Å²) in [6.07, 6.45) is 4.67. The van der Waals surface area contributed by atoms with Gasteiger partial charge in [0.2, 0.25) is 0 Å². The summed E-state index contributed by atoms with van der Waals surface area (Å²) in [4.78, 5) is 43.2. The highest BCUT2D eigenvalue weighted by molar-refractivity contribution is 5.95. The Balaban J connectivity index is 1.49. The second-order valence-corrected chi connectivity index (χ2v) is 7.36. The van der Waals surface area contributed by atoms with Gasteiger partial charge in [0.05, 0.1) is 11.3 Å². The summed E-state index contributed by atoms with van der Waals surface area (Å²) in [5.41, 5.74) is 0.859. The van der Waals surface area contributed by atoms with Crippen molar-refractivity contribution in [3.05, 3.63) is 56.5 Å². The van der Waals surface area contributed by atoms with Gasteiger partial charge in [-0.25, -0.2) is 4.79 Å². The van der Waals surface area contributed by atoms with Crippen LogP contribution in [0, 0.1) is 0 Å². The van der Waals surface area contributed by atoms with Crippen molar-refractivity contribution in [1.82, 2.24) is 19.4 Å². The second-order valence-electron chi connectivity index (χ2n) is 7.36. The van der Waals surface area contributed by atoms with Crippen LogP contribution < -0.4 is 21.5 Å². The highest BCUT2D eigenvalue weighted by Crippen LogP contribution is 2.40. The van der Waals surface area contributed by atoms with E-state index in [1.54, 1.807) is 19.3 Å². The molecule has 8 nitrogen and oxygen atoms in total. The van der Waals surface area contributed by atoms with Gasteiger partial charge in [0.25, 0.3) is 11.5 Å². The normalized spacial score (nSPS) is 19.3. The lowest BCUT2D eigenvalue weighted by molar-refractivity contribution is 0.0939. The van der Waals surface area contributed by atoms with Crippen molar-refractivity contribution in [2.75, 3.05) is 18.0 Å². The topological polar surface area (TPSA) is 89.2 Å². The maximum atomic E-state index is 12.7. The highest BCUT2D eigenvalue weighted by atomic mass is 16.2. The molecule has 1 atom stereocenters. The van der Waals surface area contributed by atoms with E-state index in [-0.39, 0.29) is 23.2 Å². The van der Waals surface area contributed by atoms with Crippen LogP contribution in [0.4, 0.5) is 5.82 Å². The minimum atomic E-state index is -0.352. The van der Waals surface area contributed by atoms with E-state index in [0.717, 1.165) is 29.5 Å². The minimum Gasteiger partial charge on any atom is -0.356 e. The zero-order chi connectivity index (χ0) is 19.1. The Bertz CT molecular complexity index is 1010. The summed E-state index contributed by atoms with van der Waals surface area (Å²) in [5, 5.41) is 3.09. The van der Waals surface area contributed by atoms with E-state index < -0.39 is 0 Å². The van der Waals surface area contributed by atoms with Crippen LogP contribution >= 0.6 is 0 Å². The lowest BCUT2D eigenvalue weighted by Crippen LogP contribution is -2.41. The number of nitrogens with zero attached hydrogens (tertiary/aromatic N) is 4. The van der Waals surface area contributed by atoms with E-state index in [4.69, 9.17) is 0 Å². The van der Waals surface area contributed by atoms with Gasteiger partial charge in [-0.15, -0.1) is 0 Å². The molecule has 0 bridgehead atoms. The molecule has 1 N–H and O–H groups in total. The van der Waals surface area contributed by atoms with Gasteiger partial charge in [-0.2, -0.15) is 0 Å². The number of aromatic nitrogens is 3. The molecule has 1 aliphatic carbocycles. The summed E-state index contributed by atoms with van der Waals surface area (Å²) in [7, 11) is 3.12. The van der Waals surface area contributed by atoms with Gasteiger partial charge in [-0.1, -0.05) is 0 Å². The Hall–Kier alpha value is -2.90. The SMILES string of the molecule is Cn1c(N2CC[C@H](NC(=O)c3cccnc3C3CC3)C2)cc(=O)n(C)c1=O. The molecule has 2 aromatic heterocycles. The zero-order valence-corrected chi connectivity index (χ0v) is 15.5. The first-order chi connectivity index (χ1) is 13.0. The Morgan fingerprint density at radius 2 is 1.96 bits per heavy atom. The zero-order valence-electron chi connectivity index (χ0n) is 15.5. The third-order valence-electron chi connectivity index (χ3n) is 5.40. The summed E-state index contributed by atoms with van der Waals surface area (Å²) in [5.74, 6) is 0.886. The lowest BCUT2D eigenvalue weighted by Gasteiger charge is -2.21. The first kappa shape index (κ1) is 17.5. The van der Waals surface area contributed by atoms with Crippen molar-refractivity contribution in [1.29, 1.82) is 0 Å². The molecule has 2 aromatic rings. The van der Waals surface area contributed by atoms with Gasteiger partial charge in [-0.3, -0.25) is 23.7 Å². The molecular formula is C19H23N5O3. The van der Waals surface area contributed by atoms with Crippen molar-refractivity contribution in [3.63, 3.8) is 0 Å². The number of hydrogen-bond donors (Lipinski definition) is 1. The van der Waals surface area contributed by atoms with Crippen molar-refractivity contribution in [2.24, 2.45) is 14.1 Å². The maximum Gasteiger partial charge on any atom is 0.332 e. The van der Waals surface area contributed by atoms with Crippen LogP contribution in [0.3, 0.4) is 0 Å². The molecule has 2 aliphatic rings. The molecule has 2 fully saturated rings. The van der Waals surface area contributed by atoms with Crippen molar-refractivity contribution in [3.8, 4) is 0 Å². The number of carbonyl (C=O) groups is 1. The third kappa shape index (κ3) is 3.27. The number of anilines is 1. The number of hydrogen-bond acceptors (Lipinski definition) is 5. The van der Waals surface area contributed by atoms with Gasteiger partial charge in [0, 0.05) is 51.4 Å². The second kappa shape index (κ2) is 6.68. The molecular weight excluding hydrogens is 346 g/mol. The molecule has 0 radical (unpaired) electrons. The average Bonchev–Trinajstić information content (AvgIpc) is 3.42.